The van der Waals surface area contributed by atoms with Gasteiger partial charge in [-0.3, -0.25) is 15.1 Å². The Kier molecular flexibility index (Phi) is 4.95. The summed E-state index contributed by atoms with van der Waals surface area (Å²) < 4.78 is 19.0. The molecule has 1 amide bonds. The van der Waals surface area contributed by atoms with Gasteiger partial charge in [-0.15, -0.1) is 0 Å². The second-order valence-electron chi connectivity index (χ2n) is 7.28. The largest absolute Gasteiger partial charge is 0.444 e. The minimum atomic E-state index is -0.632. The second kappa shape index (κ2) is 8.07. The molecule has 2 N–H and O–H groups in total. The third-order valence-electron chi connectivity index (χ3n) is 5.11. The lowest BCUT2D eigenvalue weighted by atomic mass is 9.92. The molecule has 0 radical (unpaired) electrons. The second-order valence-corrected chi connectivity index (χ2v) is 7.28. The van der Waals surface area contributed by atoms with Crippen molar-refractivity contribution in [1.29, 1.82) is 0 Å². The number of benzene rings is 3. The molecular formula is C24H17FN4O3. The van der Waals surface area contributed by atoms with Gasteiger partial charge in [-0.1, -0.05) is 36.4 Å². The molecule has 0 saturated carbocycles. The number of aromatic amines is 1. The highest BCUT2D eigenvalue weighted by Gasteiger charge is 2.22. The maximum atomic E-state index is 13.8. The Morgan fingerprint density at radius 1 is 1.06 bits per heavy atom. The van der Waals surface area contributed by atoms with Crippen LogP contribution in [0.15, 0.2) is 71.7 Å². The number of nitrogens with zero attached hydrogens (tertiary/aromatic N) is 2. The van der Waals surface area contributed by atoms with Crippen LogP contribution in [-0.4, -0.2) is 34.1 Å². The summed E-state index contributed by atoms with van der Waals surface area (Å²) in [5, 5.41) is 2.58. The molecule has 1 aromatic heterocycles. The van der Waals surface area contributed by atoms with Gasteiger partial charge in [0.15, 0.2) is 5.78 Å². The molecule has 0 unspecified atom stereocenters. The molecule has 0 fully saturated rings. The zero-order valence-electron chi connectivity index (χ0n) is 16.8. The van der Waals surface area contributed by atoms with Crippen LogP contribution in [0.5, 0.6) is 0 Å². The van der Waals surface area contributed by atoms with Gasteiger partial charge < -0.3 is 9.72 Å². The van der Waals surface area contributed by atoms with Crippen molar-refractivity contribution in [2.45, 2.75) is 6.61 Å². The number of ketones is 1. The van der Waals surface area contributed by atoms with E-state index in [1.54, 1.807) is 18.2 Å². The molecule has 3 aromatic carbocycles. The molecule has 0 bridgehead atoms. The first-order chi connectivity index (χ1) is 15.6. The van der Waals surface area contributed by atoms with Crippen LogP contribution in [0.2, 0.25) is 0 Å². The van der Waals surface area contributed by atoms with Gasteiger partial charge in [-0.2, -0.15) is 0 Å². The highest BCUT2D eigenvalue weighted by Crippen LogP contribution is 2.24. The van der Waals surface area contributed by atoms with E-state index in [1.807, 2.05) is 30.3 Å². The number of carbonyl (C=O) groups is 2. The number of Topliss-reactive ketones (excluding diaryl/α,β-unsaturated/α-hetero) is 1. The molecule has 8 heteroatoms. The maximum Gasteiger partial charge on any atom is 0.414 e. The molecule has 0 atom stereocenters. The minimum Gasteiger partial charge on any atom is -0.444 e. The molecule has 1 aliphatic heterocycles. The average Bonchev–Trinajstić information content (AvgIpc) is 3.20. The van der Waals surface area contributed by atoms with Crippen LogP contribution in [0.25, 0.3) is 11.0 Å². The van der Waals surface area contributed by atoms with Gasteiger partial charge in [0.1, 0.15) is 19.0 Å². The third kappa shape index (κ3) is 3.85. The number of anilines is 1. The molecule has 7 nitrogen and oxygen atoms in total. The van der Waals surface area contributed by atoms with Crippen molar-refractivity contribution < 1.29 is 18.7 Å². The summed E-state index contributed by atoms with van der Waals surface area (Å²) in [5.41, 5.74) is 4.30. The van der Waals surface area contributed by atoms with Gasteiger partial charge in [-0.05, 0) is 35.9 Å². The fraction of sp³-hybridized carbons (Fsp3) is 0.0833. The Balaban J connectivity index is 1.36. The normalized spacial score (nSPS) is 12.9. The molecular weight excluding hydrogens is 411 g/mol. The molecule has 4 aromatic rings. The van der Waals surface area contributed by atoms with E-state index in [-0.39, 0.29) is 24.9 Å². The quantitative estimate of drug-likeness (QED) is 0.501. The minimum absolute atomic E-state index is 0.00897. The Morgan fingerprint density at radius 2 is 1.91 bits per heavy atom. The number of fused-ring (bicyclic) bond motifs is 2. The number of imidazole rings is 1. The van der Waals surface area contributed by atoms with Crippen molar-refractivity contribution in [3.8, 4) is 0 Å². The highest BCUT2D eigenvalue weighted by atomic mass is 19.1. The number of aromatic nitrogens is 2. The summed E-state index contributed by atoms with van der Waals surface area (Å²) in [6, 6.07) is 18.8. The Bertz CT molecular complexity index is 1380. The molecule has 0 aliphatic carbocycles. The van der Waals surface area contributed by atoms with Crippen molar-refractivity contribution in [2.75, 3.05) is 11.9 Å². The van der Waals surface area contributed by atoms with E-state index in [0.29, 0.717) is 33.4 Å². The van der Waals surface area contributed by atoms with Gasteiger partial charge in [0.2, 0.25) is 5.95 Å². The SMILES string of the molecule is O=C(Nc1nc2ccc(C3=NCC(=O)c4ccc(F)cc43)cc2[nH]1)OCc1ccccc1. The van der Waals surface area contributed by atoms with Gasteiger partial charge in [0, 0.05) is 16.7 Å². The summed E-state index contributed by atoms with van der Waals surface area (Å²) in [4.78, 5) is 36.0. The monoisotopic (exact) mass is 428 g/mol. The summed E-state index contributed by atoms with van der Waals surface area (Å²) >= 11 is 0. The van der Waals surface area contributed by atoms with Gasteiger partial charge in [-0.25, -0.2) is 14.2 Å². The Morgan fingerprint density at radius 3 is 2.75 bits per heavy atom. The van der Waals surface area contributed by atoms with Crippen molar-refractivity contribution in [1.82, 2.24) is 9.97 Å². The van der Waals surface area contributed by atoms with Crippen LogP contribution >= 0.6 is 0 Å². The van der Waals surface area contributed by atoms with E-state index < -0.39 is 11.9 Å². The van der Waals surface area contributed by atoms with Crippen LogP contribution < -0.4 is 5.32 Å². The number of hydrogen-bond donors (Lipinski definition) is 2. The molecule has 1 aliphatic rings. The van der Waals surface area contributed by atoms with E-state index in [0.717, 1.165) is 5.56 Å². The summed E-state index contributed by atoms with van der Waals surface area (Å²) in [6.07, 6.45) is -0.632. The smallest absolute Gasteiger partial charge is 0.414 e. The highest BCUT2D eigenvalue weighted by molar-refractivity contribution is 6.22. The van der Waals surface area contributed by atoms with Crippen molar-refractivity contribution in [2.24, 2.45) is 4.99 Å². The van der Waals surface area contributed by atoms with Crippen molar-refractivity contribution in [3.05, 3.63) is 94.8 Å². The lowest BCUT2D eigenvalue weighted by Crippen LogP contribution is -2.20. The van der Waals surface area contributed by atoms with E-state index in [4.69, 9.17) is 4.74 Å². The van der Waals surface area contributed by atoms with Crippen molar-refractivity contribution in [3.63, 3.8) is 0 Å². The number of carbonyl (C=O) groups excluding carboxylic acids is 2. The predicted octanol–water partition coefficient (Wildman–Crippen LogP) is 4.48. The maximum absolute atomic E-state index is 13.8. The fourth-order valence-electron chi connectivity index (χ4n) is 3.60. The Hall–Kier alpha value is -4.33. The number of nitrogens with one attached hydrogen (secondary N) is 2. The third-order valence-corrected chi connectivity index (χ3v) is 5.11. The van der Waals surface area contributed by atoms with Crippen molar-refractivity contribution >= 4 is 34.6 Å². The predicted molar refractivity (Wildman–Crippen MR) is 118 cm³/mol. The number of hydrogen-bond acceptors (Lipinski definition) is 5. The Labute approximate surface area is 182 Å². The van der Waals surface area contributed by atoms with E-state index >= 15 is 0 Å². The number of rotatable bonds is 4. The number of H-pyrrole nitrogens is 1. The summed E-state index contributed by atoms with van der Waals surface area (Å²) in [7, 11) is 0. The molecule has 32 heavy (non-hydrogen) atoms. The fourth-order valence-corrected chi connectivity index (χ4v) is 3.60. The zero-order chi connectivity index (χ0) is 22.1. The van der Waals surface area contributed by atoms with E-state index in [1.165, 1.54) is 18.2 Å². The van der Waals surface area contributed by atoms with Crippen LogP contribution in [0.3, 0.4) is 0 Å². The molecule has 158 valence electrons. The van der Waals surface area contributed by atoms with Gasteiger partial charge >= 0.3 is 6.09 Å². The summed E-state index contributed by atoms with van der Waals surface area (Å²) in [5.74, 6) is -0.344. The number of ether oxygens (including phenoxy) is 1. The lowest BCUT2D eigenvalue weighted by Gasteiger charge is -2.16. The first-order valence-corrected chi connectivity index (χ1v) is 9.92. The first kappa shape index (κ1) is 19.6. The number of halogens is 1. The molecule has 0 saturated heterocycles. The lowest BCUT2D eigenvalue weighted by molar-refractivity contribution is 0.1000. The van der Waals surface area contributed by atoms with Crippen LogP contribution in [0, 0.1) is 5.82 Å². The van der Waals surface area contributed by atoms with E-state index in [2.05, 4.69) is 20.3 Å². The number of amides is 1. The number of aliphatic imine (C=N–C) groups is 1. The van der Waals surface area contributed by atoms with Gasteiger partial charge in [0.05, 0.1) is 16.7 Å². The van der Waals surface area contributed by atoms with Gasteiger partial charge in [0.25, 0.3) is 0 Å². The topological polar surface area (TPSA) is 96.4 Å². The van der Waals surface area contributed by atoms with Crippen LogP contribution in [0.1, 0.15) is 27.0 Å². The average molecular weight is 428 g/mol. The first-order valence-electron chi connectivity index (χ1n) is 9.92. The molecule has 0 spiro atoms. The standard InChI is InChI=1S/C24H17FN4O3/c25-16-7-8-17-18(11-16)22(26-12-21(17)30)15-6-9-19-20(10-15)28-23(27-19)29-24(31)32-13-14-4-2-1-3-5-14/h1-11H,12-13H2,(H2,27,28,29,31). The van der Waals surface area contributed by atoms with Crippen LogP contribution in [-0.2, 0) is 11.3 Å². The molecule has 2 heterocycles. The summed E-state index contributed by atoms with van der Waals surface area (Å²) in [6.45, 7) is 0.153. The van der Waals surface area contributed by atoms with Crippen LogP contribution in [0.4, 0.5) is 15.1 Å². The van der Waals surface area contributed by atoms with E-state index in [9.17, 15) is 14.0 Å². The molecule has 5 rings (SSSR count). The zero-order valence-corrected chi connectivity index (χ0v) is 16.8.